The van der Waals surface area contributed by atoms with Crippen LogP contribution in [-0.4, -0.2) is 30.8 Å². The Bertz CT molecular complexity index is 1050. The van der Waals surface area contributed by atoms with Crippen LogP contribution in [0.4, 0.5) is 5.95 Å². The van der Waals surface area contributed by atoms with E-state index in [4.69, 9.17) is 15.8 Å². The number of benzene rings is 1. The number of fused-ring (bicyclic) bond motifs is 1. The lowest BCUT2D eigenvalue weighted by Gasteiger charge is -2.09. The Labute approximate surface area is 165 Å². The third-order valence-electron chi connectivity index (χ3n) is 3.83. The van der Waals surface area contributed by atoms with E-state index in [9.17, 15) is 0 Å². The number of hydrogen-bond acceptors (Lipinski definition) is 7. The van der Waals surface area contributed by atoms with E-state index in [0.29, 0.717) is 23.2 Å². The molecule has 0 amide bonds. The molecule has 27 heavy (non-hydrogen) atoms. The monoisotopic (exact) mass is 398 g/mol. The van der Waals surface area contributed by atoms with Gasteiger partial charge in [-0.15, -0.1) is 0 Å². The normalized spacial score (nSPS) is 10.9. The van der Waals surface area contributed by atoms with Crippen LogP contribution >= 0.6 is 23.6 Å². The van der Waals surface area contributed by atoms with Crippen molar-refractivity contribution >= 4 is 35.2 Å². The Morgan fingerprint density at radius 2 is 2.00 bits per heavy atom. The van der Waals surface area contributed by atoms with Crippen molar-refractivity contribution in [1.29, 1.82) is 0 Å². The van der Waals surface area contributed by atoms with Crippen molar-refractivity contribution in [2.75, 3.05) is 11.6 Å². The summed E-state index contributed by atoms with van der Waals surface area (Å²) in [5.74, 6) is 0.504. The standard InChI is InChI=1S/C18H15ClN6OS/c1-27-26-18-23-16-14(19)11-22-25(16)17(24-18)21-10-12-5-7-13(8-6-12)15-4-2-3-9-20-15/h2-9,11H,10H2,1H3,(H,21,23,24). The van der Waals surface area contributed by atoms with Crippen LogP contribution in [-0.2, 0) is 6.54 Å². The number of halogens is 1. The molecule has 3 heterocycles. The summed E-state index contributed by atoms with van der Waals surface area (Å²) < 4.78 is 6.90. The van der Waals surface area contributed by atoms with Crippen molar-refractivity contribution in [3.05, 3.63) is 65.4 Å². The minimum Gasteiger partial charge on any atom is -0.389 e. The largest absolute Gasteiger partial charge is 0.389 e. The van der Waals surface area contributed by atoms with Gasteiger partial charge in [0.15, 0.2) is 5.65 Å². The Hall–Kier alpha value is -2.84. The molecule has 0 saturated heterocycles. The van der Waals surface area contributed by atoms with E-state index in [1.807, 2.05) is 42.5 Å². The second-order valence-electron chi connectivity index (χ2n) is 5.57. The van der Waals surface area contributed by atoms with E-state index in [-0.39, 0.29) is 6.01 Å². The molecule has 1 N–H and O–H groups in total. The number of anilines is 1. The van der Waals surface area contributed by atoms with Gasteiger partial charge in [-0.2, -0.15) is 19.6 Å². The van der Waals surface area contributed by atoms with Crippen LogP contribution in [0.3, 0.4) is 0 Å². The van der Waals surface area contributed by atoms with Gasteiger partial charge in [0, 0.05) is 24.6 Å². The van der Waals surface area contributed by atoms with Crippen LogP contribution in [0.5, 0.6) is 6.01 Å². The van der Waals surface area contributed by atoms with Gasteiger partial charge < -0.3 is 9.50 Å². The first-order valence-electron chi connectivity index (χ1n) is 8.11. The molecule has 1 aromatic carbocycles. The molecule has 0 aliphatic carbocycles. The van der Waals surface area contributed by atoms with Gasteiger partial charge in [-0.25, -0.2) is 0 Å². The maximum atomic E-state index is 6.14. The van der Waals surface area contributed by atoms with E-state index in [0.717, 1.165) is 28.9 Å². The molecular weight excluding hydrogens is 384 g/mol. The van der Waals surface area contributed by atoms with E-state index in [2.05, 4.69) is 25.4 Å². The fourth-order valence-corrected chi connectivity index (χ4v) is 2.96. The molecule has 4 aromatic rings. The van der Waals surface area contributed by atoms with Gasteiger partial charge in [0.2, 0.25) is 5.95 Å². The summed E-state index contributed by atoms with van der Waals surface area (Å²) >= 11 is 7.30. The molecular formula is C18H15ClN6OS. The van der Waals surface area contributed by atoms with Crippen molar-refractivity contribution in [2.45, 2.75) is 6.54 Å². The van der Waals surface area contributed by atoms with Crippen LogP contribution in [0.1, 0.15) is 5.56 Å². The zero-order valence-electron chi connectivity index (χ0n) is 14.3. The van der Waals surface area contributed by atoms with Gasteiger partial charge in [-0.1, -0.05) is 41.9 Å². The topological polar surface area (TPSA) is 77.2 Å². The molecule has 7 nitrogen and oxygen atoms in total. The van der Waals surface area contributed by atoms with Crippen LogP contribution < -0.4 is 9.50 Å². The first-order chi connectivity index (χ1) is 13.2. The summed E-state index contributed by atoms with van der Waals surface area (Å²) in [5, 5.41) is 7.91. The summed E-state index contributed by atoms with van der Waals surface area (Å²) in [6.45, 7) is 0.560. The third-order valence-corrected chi connectivity index (χ3v) is 4.41. The lowest BCUT2D eigenvalue weighted by molar-refractivity contribution is 0.584. The highest BCUT2D eigenvalue weighted by Gasteiger charge is 2.13. The molecule has 9 heteroatoms. The van der Waals surface area contributed by atoms with Crippen molar-refractivity contribution < 1.29 is 4.18 Å². The molecule has 0 atom stereocenters. The van der Waals surface area contributed by atoms with Crippen LogP contribution in [0.15, 0.2) is 54.9 Å². The molecule has 0 unspecified atom stereocenters. The second kappa shape index (κ2) is 7.81. The quantitative estimate of drug-likeness (QED) is 0.490. The average molecular weight is 399 g/mol. The fraction of sp³-hybridized carbons (Fsp3) is 0.111. The first-order valence-corrected chi connectivity index (χ1v) is 9.63. The molecule has 4 rings (SSSR count). The Morgan fingerprint density at radius 1 is 1.15 bits per heavy atom. The predicted molar refractivity (Wildman–Crippen MR) is 107 cm³/mol. The lowest BCUT2D eigenvalue weighted by Crippen LogP contribution is -2.09. The Kier molecular flexibility index (Phi) is 5.08. The van der Waals surface area contributed by atoms with Gasteiger partial charge in [-0.05, 0) is 17.7 Å². The van der Waals surface area contributed by atoms with Crippen LogP contribution in [0.2, 0.25) is 5.02 Å². The molecule has 0 spiro atoms. The molecule has 0 aliphatic rings. The van der Waals surface area contributed by atoms with Crippen LogP contribution in [0.25, 0.3) is 16.9 Å². The van der Waals surface area contributed by atoms with Crippen molar-refractivity contribution in [3.63, 3.8) is 0 Å². The molecule has 0 saturated carbocycles. The van der Waals surface area contributed by atoms with E-state index >= 15 is 0 Å². The smallest absolute Gasteiger partial charge is 0.334 e. The van der Waals surface area contributed by atoms with Crippen LogP contribution in [0, 0.1) is 0 Å². The number of nitrogens with zero attached hydrogens (tertiary/aromatic N) is 5. The van der Waals surface area contributed by atoms with E-state index < -0.39 is 0 Å². The number of aromatic nitrogens is 5. The molecule has 0 bridgehead atoms. The van der Waals surface area contributed by atoms with E-state index in [1.165, 1.54) is 6.20 Å². The minimum absolute atomic E-state index is 0.227. The highest BCUT2D eigenvalue weighted by molar-refractivity contribution is 7.94. The second-order valence-corrected chi connectivity index (χ2v) is 6.48. The van der Waals surface area contributed by atoms with Gasteiger partial charge in [0.1, 0.15) is 5.02 Å². The molecule has 136 valence electrons. The van der Waals surface area contributed by atoms with Gasteiger partial charge in [0.25, 0.3) is 0 Å². The van der Waals surface area contributed by atoms with Crippen molar-refractivity contribution in [3.8, 4) is 17.3 Å². The SMILES string of the molecule is CSOc1nc(NCc2ccc(-c3ccccn3)cc2)n2ncc(Cl)c2n1. The maximum absolute atomic E-state index is 6.14. The van der Waals surface area contributed by atoms with Gasteiger partial charge in [0.05, 0.1) is 23.9 Å². The molecule has 0 radical (unpaired) electrons. The Morgan fingerprint density at radius 3 is 2.74 bits per heavy atom. The summed E-state index contributed by atoms with van der Waals surface area (Å²) in [6.07, 6.45) is 5.11. The number of rotatable bonds is 6. The lowest BCUT2D eigenvalue weighted by atomic mass is 10.1. The minimum atomic E-state index is 0.227. The average Bonchev–Trinajstić information content (AvgIpc) is 3.09. The van der Waals surface area contributed by atoms with E-state index in [1.54, 1.807) is 17.0 Å². The third kappa shape index (κ3) is 3.81. The zero-order valence-corrected chi connectivity index (χ0v) is 15.9. The van der Waals surface area contributed by atoms with Crippen molar-refractivity contribution in [1.82, 2.24) is 24.6 Å². The summed E-state index contributed by atoms with van der Waals surface area (Å²) in [5.41, 5.74) is 3.59. The zero-order chi connectivity index (χ0) is 18.6. The first kappa shape index (κ1) is 17.6. The number of nitrogens with one attached hydrogen (secondary N) is 1. The van der Waals surface area contributed by atoms with Gasteiger partial charge >= 0.3 is 6.01 Å². The number of pyridine rings is 1. The fourth-order valence-electron chi connectivity index (χ4n) is 2.57. The highest BCUT2D eigenvalue weighted by atomic mass is 35.5. The number of hydrogen-bond donors (Lipinski definition) is 1. The molecule has 0 fully saturated rings. The Balaban J connectivity index is 1.55. The molecule has 0 aliphatic heterocycles. The summed E-state index contributed by atoms with van der Waals surface area (Å²) in [7, 11) is 0. The predicted octanol–water partition coefficient (Wildman–Crippen LogP) is 4.11. The summed E-state index contributed by atoms with van der Waals surface area (Å²) in [4.78, 5) is 13.0. The van der Waals surface area contributed by atoms with Gasteiger partial charge in [-0.3, -0.25) is 4.98 Å². The highest BCUT2D eigenvalue weighted by Crippen LogP contribution is 2.22. The maximum Gasteiger partial charge on any atom is 0.334 e. The summed E-state index contributed by atoms with van der Waals surface area (Å²) in [6, 6.07) is 14.3. The van der Waals surface area contributed by atoms with Crippen molar-refractivity contribution in [2.24, 2.45) is 0 Å². The molecule has 3 aromatic heterocycles.